The van der Waals surface area contributed by atoms with Crippen LogP contribution >= 0.6 is 0 Å². The average Bonchev–Trinajstić information content (AvgIpc) is 3.31. The van der Waals surface area contributed by atoms with Gasteiger partial charge in [0.1, 0.15) is 12.4 Å². The van der Waals surface area contributed by atoms with Gasteiger partial charge < -0.3 is 20.3 Å². The monoisotopic (exact) mass is 413 g/mol. The van der Waals surface area contributed by atoms with Crippen LogP contribution in [0.1, 0.15) is 56.9 Å². The molecule has 0 radical (unpaired) electrons. The molecule has 0 aromatic heterocycles. The summed E-state index contributed by atoms with van der Waals surface area (Å²) >= 11 is 0. The van der Waals surface area contributed by atoms with E-state index in [9.17, 15) is 9.59 Å². The van der Waals surface area contributed by atoms with Gasteiger partial charge in [0.05, 0.1) is 18.0 Å². The minimum atomic E-state index is -0.346. The molecule has 2 N–H and O–H groups in total. The molecule has 3 heterocycles. The van der Waals surface area contributed by atoms with E-state index in [1.807, 2.05) is 17.0 Å². The first kappa shape index (κ1) is 21.2. The van der Waals surface area contributed by atoms with Crippen LogP contribution in [-0.4, -0.2) is 55.5 Å². The fraction of sp³-hybridized carbons (Fsp3) is 0.667. The minimum Gasteiger partial charge on any atom is -0.491 e. The highest BCUT2D eigenvalue weighted by Crippen LogP contribution is 2.38. The standard InChI is InChI=1S/C24H35N3O3/c28-22(20-9-6-14-25-20)27-16-12-24(13-17-27)11-5-1-2-7-19-8-3-4-10-21(19)30-18-15-26-23(24)29/h3-4,8,10,20,25H,1-2,5-7,9,11-18H2,(H,26,29)/t20-/m0/s1. The van der Waals surface area contributed by atoms with Crippen molar-refractivity contribution in [2.24, 2.45) is 5.41 Å². The Morgan fingerprint density at radius 1 is 1.03 bits per heavy atom. The number of nitrogens with zero attached hydrogens (tertiary/aromatic N) is 1. The fourth-order valence-electron chi connectivity index (χ4n) is 5.18. The second-order valence-electron chi connectivity index (χ2n) is 9.03. The third kappa shape index (κ3) is 4.80. The number of benzene rings is 1. The summed E-state index contributed by atoms with van der Waals surface area (Å²) in [5.41, 5.74) is 0.908. The molecule has 1 atom stereocenters. The van der Waals surface area contributed by atoms with Crippen LogP contribution in [0, 0.1) is 5.41 Å². The van der Waals surface area contributed by atoms with E-state index in [1.54, 1.807) is 0 Å². The molecular formula is C24H35N3O3. The third-order valence-electron chi connectivity index (χ3n) is 7.09. The molecule has 6 heteroatoms. The van der Waals surface area contributed by atoms with Crippen molar-refractivity contribution in [3.8, 4) is 5.75 Å². The number of rotatable bonds is 1. The number of amides is 2. The summed E-state index contributed by atoms with van der Waals surface area (Å²) in [6.45, 7) is 3.31. The molecule has 0 unspecified atom stereocenters. The molecule has 0 bridgehead atoms. The Morgan fingerprint density at radius 2 is 1.87 bits per heavy atom. The Morgan fingerprint density at radius 3 is 2.67 bits per heavy atom. The van der Waals surface area contributed by atoms with Gasteiger partial charge in [-0.05, 0) is 63.1 Å². The van der Waals surface area contributed by atoms with Gasteiger partial charge in [-0.1, -0.05) is 31.0 Å². The van der Waals surface area contributed by atoms with Crippen LogP contribution in [0.2, 0.25) is 0 Å². The molecule has 3 aliphatic rings. The zero-order valence-corrected chi connectivity index (χ0v) is 18.0. The molecule has 2 saturated heterocycles. The fourth-order valence-corrected chi connectivity index (χ4v) is 5.18. The van der Waals surface area contributed by atoms with Crippen molar-refractivity contribution in [1.29, 1.82) is 0 Å². The average molecular weight is 414 g/mol. The Balaban J connectivity index is 1.37. The lowest BCUT2D eigenvalue weighted by molar-refractivity contribution is -0.142. The first-order chi connectivity index (χ1) is 14.7. The topological polar surface area (TPSA) is 70.7 Å². The number of piperidine rings is 1. The van der Waals surface area contributed by atoms with Gasteiger partial charge in [0.25, 0.3) is 0 Å². The van der Waals surface area contributed by atoms with Crippen LogP contribution in [0.5, 0.6) is 5.75 Å². The predicted octanol–water partition coefficient (Wildman–Crippen LogP) is 2.66. The Bertz CT molecular complexity index is 737. The maximum Gasteiger partial charge on any atom is 0.239 e. The van der Waals surface area contributed by atoms with E-state index in [0.717, 1.165) is 70.1 Å². The second kappa shape index (κ2) is 9.82. The van der Waals surface area contributed by atoms with Gasteiger partial charge in [-0.25, -0.2) is 0 Å². The highest BCUT2D eigenvalue weighted by atomic mass is 16.5. The van der Waals surface area contributed by atoms with Crippen LogP contribution in [0.15, 0.2) is 24.3 Å². The van der Waals surface area contributed by atoms with Gasteiger partial charge in [0.15, 0.2) is 0 Å². The van der Waals surface area contributed by atoms with Crippen molar-refractivity contribution in [1.82, 2.24) is 15.5 Å². The van der Waals surface area contributed by atoms with Crippen LogP contribution in [0.25, 0.3) is 0 Å². The highest BCUT2D eigenvalue weighted by molar-refractivity contribution is 5.85. The molecule has 1 spiro atoms. The molecule has 6 nitrogen and oxygen atoms in total. The summed E-state index contributed by atoms with van der Waals surface area (Å²) in [6.07, 6.45) is 8.72. The zero-order chi connectivity index (χ0) is 20.8. The summed E-state index contributed by atoms with van der Waals surface area (Å²) in [6, 6.07) is 8.20. The molecular weight excluding hydrogens is 378 g/mol. The second-order valence-corrected chi connectivity index (χ2v) is 9.03. The number of carbonyl (C=O) groups excluding carboxylic acids is 2. The van der Waals surface area contributed by atoms with Crippen LogP contribution in [-0.2, 0) is 16.0 Å². The summed E-state index contributed by atoms with van der Waals surface area (Å²) in [4.78, 5) is 27.9. The largest absolute Gasteiger partial charge is 0.491 e. The first-order valence-corrected chi connectivity index (χ1v) is 11.7. The van der Waals surface area contributed by atoms with Gasteiger partial charge in [0.2, 0.25) is 11.8 Å². The van der Waals surface area contributed by atoms with Crippen molar-refractivity contribution in [2.45, 2.75) is 63.8 Å². The highest BCUT2D eigenvalue weighted by Gasteiger charge is 2.42. The normalized spacial score (nSPS) is 25.3. The molecule has 4 rings (SSSR count). The molecule has 2 fully saturated rings. The van der Waals surface area contributed by atoms with E-state index in [4.69, 9.17) is 4.74 Å². The molecule has 30 heavy (non-hydrogen) atoms. The SMILES string of the molecule is O=C([C@@H]1CCCN1)N1CCC2(CCCCCc3ccccc3OCCNC2=O)CC1. The third-order valence-corrected chi connectivity index (χ3v) is 7.09. The Hall–Kier alpha value is -2.08. The van der Waals surface area contributed by atoms with Crippen molar-refractivity contribution in [3.05, 3.63) is 29.8 Å². The molecule has 1 aromatic rings. The number of likely N-dealkylation sites (tertiary alicyclic amines) is 1. The van der Waals surface area contributed by atoms with Crippen molar-refractivity contribution in [2.75, 3.05) is 32.8 Å². The number of carbonyl (C=O) groups is 2. The van der Waals surface area contributed by atoms with E-state index in [2.05, 4.69) is 22.8 Å². The molecule has 2 amide bonds. The maximum absolute atomic E-state index is 13.2. The zero-order valence-electron chi connectivity index (χ0n) is 18.0. The van der Waals surface area contributed by atoms with Crippen molar-refractivity contribution >= 4 is 11.8 Å². The summed E-state index contributed by atoms with van der Waals surface area (Å²) in [7, 11) is 0. The minimum absolute atomic E-state index is 0.0216. The van der Waals surface area contributed by atoms with Gasteiger partial charge in [-0.15, -0.1) is 0 Å². The van der Waals surface area contributed by atoms with E-state index < -0.39 is 0 Å². The van der Waals surface area contributed by atoms with Gasteiger partial charge in [0, 0.05) is 13.1 Å². The number of hydrogen-bond acceptors (Lipinski definition) is 4. The number of fused-ring (bicyclic) bond motifs is 1. The number of ether oxygens (including phenoxy) is 1. The summed E-state index contributed by atoms with van der Waals surface area (Å²) < 4.78 is 5.96. The lowest BCUT2D eigenvalue weighted by Gasteiger charge is -2.41. The number of para-hydroxylation sites is 1. The lowest BCUT2D eigenvalue weighted by atomic mass is 9.73. The smallest absolute Gasteiger partial charge is 0.239 e. The van der Waals surface area contributed by atoms with Gasteiger partial charge in [-0.3, -0.25) is 9.59 Å². The van der Waals surface area contributed by atoms with Crippen LogP contribution in [0.4, 0.5) is 0 Å². The molecule has 1 aromatic carbocycles. The number of nitrogens with one attached hydrogen (secondary N) is 2. The van der Waals surface area contributed by atoms with E-state index >= 15 is 0 Å². The van der Waals surface area contributed by atoms with E-state index in [0.29, 0.717) is 26.2 Å². The maximum atomic E-state index is 13.2. The van der Waals surface area contributed by atoms with E-state index in [-0.39, 0.29) is 23.3 Å². The molecule has 0 aliphatic carbocycles. The quantitative estimate of drug-likeness (QED) is 0.743. The summed E-state index contributed by atoms with van der Waals surface area (Å²) in [5.74, 6) is 1.30. The molecule has 164 valence electrons. The number of aryl methyl sites for hydroxylation is 1. The number of hydrogen-bond donors (Lipinski definition) is 2. The predicted molar refractivity (Wildman–Crippen MR) is 116 cm³/mol. The summed E-state index contributed by atoms with van der Waals surface area (Å²) in [5, 5.41) is 6.44. The molecule has 3 aliphatic heterocycles. The Kier molecular flexibility index (Phi) is 6.93. The van der Waals surface area contributed by atoms with Crippen LogP contribution in [0.3, 0.4) is 0 Å². The first-order valence-electron chi connectivity index (χ1n) is 11.7. The lowest BCUT2D eigenvalue weighted by Crippen LogP contribution is -2.53. The Labute approximate surface area is 179 Å². The van der Waals surface area contributed by atoms with Crippen LogP contribution < -0.4 is 15.4 Å². The van der Waals surface area contributed by atoms with Gasteiger partial charge in [-0.2, -0.15) is 0 Å². The van der Waals surface area contributed by atoms with Gasteiger partial charge >= 0.3 is 0 Å². The van der Waals surface area contributed by atoms with Crippen molar-refractivity contribution < 1.29 is 14.3 Å². The molecule has 0 saturated carbocycles. The van der Waals surface area contributed by atoms with E-state index in [1.165, 1.54) is 5.56 Å². The van der Waals surface area contributed by atoms with Crippen molar-refractivity contribution in [3.63, 3.8) is 0 Å².